The maximum absolute atomic E-state index is 6.09. The zero-order chi connectivity index (χ0) is 12.1. The maximum Gasteiger partial charge on any atom is 0.140 e. The Morgan fingerprint density at radius 3 is 2.56 bits per heavy atom. The number of aromatic nitrogens is 2. The van der Waals surface area contributed by atoms with Gasteiger partial charge in [0.05, 0.1) is 5.75 Å². The lowest BCUT2D eigenvalue weighted by molar-refractivity contribution is 0.890. The van der Waals surface area contributed by atoms with Gasteiger partial charge in [-0.15, -0.1) is 0 Å². The summed E-state index contributed by atoms with van der Waals surface area (Å²) in [5, 5.41) is 1.25. The first-order valence-electron chi connectivity index (χ1n) is 5.71. The molecule has 0 saturated carbocycles. The second kappa shape index (κ2) is 6.45. The van der Waals surface area contributed by atoms with E-state index in [0.29, 0.717) is 10.4 Å². The van der Waals surface area contributed by atoms with Crippen LogP contribution in [0.2, 0.25) is 5.15 Å². The monoisotopic (exact) mass is 258 g/mol. The highest BCUT2D eigenvalue weighted by Crippen LogP contribution is 2.21. The number of rotatable bonds is 5. The van der Waals surface area contributed by atoms with Crippen molar-refractivity contribution in [3.05, 3.63) is 22.2 Å². The Kier molecular flexibility index (Phi) is 5.56. The normalized spacial score (nSPS) is 12.8. The van der Waals surface area contributed by atoms with E-state index in [9.17, 15) is 0 Å². The van der Waals surface area contributed by atoms with E-state index in [2.05, 4.69) is 30.7 Å². The van der Waals surface area contributed by atoms with Gasteiger partial charge in [-0.05, 0) is 19.8 Å². The van der Waals surface area contributed by atoms with Crippen molar-refractivity contribution >= 4 is 23.4 Å². The molecule has 0 N–H and O–H groups in total. The lowest BCUT2D eigenvalue weighted by Gasteiger charge is -2.10. The van der Waals surface area contributed by atoms with Crippen molar-refractivity contribution in [1.29, 1.82) is 0 Å². The Hall–Kier alpha value is -0.280. The average Bonchev–Trinajstić information content (AvgIpc) is 2.29. The summed E-state index contributed by atoms with van der Waals surface area (Å²) in [7, 11) is 0. The van der Waals surface area contributed by atoms with Crippen LogP contribution in [0.4, 0.5) is 0 Å². The molecular formula is C12H19ClN2S. The molecule has 1 unspecified atom stereocenters. The summed E-state index contributed by atoms with van der Waals surface area (Å²) in [6.07, 6.45) is 2.08. The van der Waals surface area contributed by atoms with Crippen molar-refractivity contribution in [2.45, 2.75) is 51.5 Å². The summed E-state index contributed by atoms with van der Waals surface area (Å²) in [6.45, 7) is 8.49. The second-order valence-electron chi connectivity index (χ2n) is 3.89. The van der Waals surface area contributed by atoms with Crippen molar-refractivity contribution in [2.24, 2.45) is 0 Å². The van der Waals surface area contributed by atoms with Crippen LogP contribution in [0.3, 0.4) is 0 Å². The molecule has 0 bridgehead atoms. The first kappa shape index (κ1) is 13.8. The van der Waals surface area contributed by atoms with Crippen molar-refractivity contribution < 1.29 is 0 Å². The summed E-state index contributed by atoms with van der Waals surface area (Å²) in [4.78, 5) is 8.86. The van der Waals surface area contributed by atoms with Crippen molar-refractivity contribution in [2.75, 3.05) is 0 Å². The van der Waals surface area contributed by atoms with Gasteiger partial charge in [-0.25, -0.2) is 9.97 Å². The third kappa shape index (κ3) is 3.63. The molecule has 0 fully saturated rings. The minimum absolute atomic E-state index is 0.603. The van der Waals surface area contributed by atoms with Crippen molar-refractivity contribution in [3.8, 4) is 0 Å². The molecule has 0 aliphatic carbocycles. The largest absolute Gasteiger partial charge is 0.237 e. The first-order chi connectivity index (χ1) is 7.58. The van der Waals surface area contributed by atoms with Gasteiger partial charge >= 0.3 is 0 Å². The minimum atomic E-state index is 0.603. The number of thioether (sulfide) groups is 1. The lowest BCUT2D eigenvalue weighted by atomic mass is 10.2. The van der Waals surface area contributed by atoms with Gasteiger partial charge in [0.1, 0.15) is 11.0 Å². The van der Waals surface area contributed by atoms with Crippen LogP contribution >= 0.6 is 23.4 Å². The van der Waals surface area contributed by atoms with Gasteiger partial charge in [-0.3, -0.25) is 0 Å². The van der Waals surface area contributed by atoms with Gasteiger partial charge in [0.2, 0.25) is 0 Å². The Labute approximate surface area is 107 Å². The molecule has 4 heteroatoms. The van der Waals surface area contributed by atoms with Gasteiger partial charge in [0.25, 0.3) is 0 Å². The van der Waals surface area contributed by atoms with Gasteiger partial charge in [-0.2, -0.15) is 11.8 Å². The van der Waals surface area contributed by atoms with Gasteiger partial charge in [0.15, 0.2) is 0 Å². The van der Waals surface area contributed by atoms with E-state index >= 15 is 0 Å². The highest BCUT2D eigenvalue weighted by atomic mass is 35.5. The predicted molar refractivity (Wildman–Crippen MR) is 72.2 cm³/mol. The maximum atomic E-state index is 6.09. The van der Waals surface area contributed by atoms with E-state index in [-0.39, 0.29) is 0 Å². The van der Waals surface area contributed by atoms with Crippen LogP contribution in [-0.2, 0) is 12.2 Å². The predicted octanol–water partition coefficient (Wildman–Crippen LogP) is 4.03. The molecule has 2 nitrogen and oxygen atoms in total. The molecule has 0 aliphatic heterocycles. The molecular weight excluding hydrogens is 240 g/mol. The van der Waals surface area contributed by atoms with Crippen molar-refractivity contribution in [1.82, 2.24) is 9.97 Å². The topological polar surface area (TPSA) is 25.8 Å². The summed E-state index contributed by atoms with van der Waals surface area (Å²) in [5.74, 6) is 1.71. The van der Waals surface area contributed by atoms with Crippen LogP contribution in [0, 0.1) is 6.92 Å². The molecule has 0 radical (unpaired) electrons. The number of hydrogen-bond acceptors (Lipinski definition) is 3. The Morgan fingerprint density at radius 2 is 2.00 bits per heavy atom. The van der Waals surface area contributed by atoms with Gasteiger partial charge in [-0.1, -0.05) is 32.4 Å². The fourth-order valence-corrected chi connectivity index (χ4v) is 2.33. The molecule has 0 aliphatic rings. The molecule has 90 valence electrons. The number of aryl methyl sites for hydroxylation is 1. The first-order valence-corrected chi connectivity index (χ1v) is 7.14. The molecule has 0 saturated heterocycles. The van der Waals surface area contributed by atoms with Crippen LogP contribution in [0.5, 0.6) is 0 Å². The summed E-state index contributed by atoms with van der Waals surface area (Å²) >= 11 is 7.97. The summed E-state index contributed by atoms with van der Waals surface area (Å²) in [5.41, 5.74) is 2.08. The Bertz CT molecular complexity index is 355. The van der Waals surface area contributed by atoms with Crippen LogP contribution in [-0.4, -0.2) is 15.2 Å². The Morgan fingerprint density at radius 1 is 1.31 bits per heavy atom. The smallest absolute Gasteiger partial charge is 0.140 e. The Balaban J connectivity index is 2.78. The fourth-order valence-electron chi connectivity index (χ4n) is 1.32. The number of nitrogens with zero attached hydrogens (tertiary/aromatic N) is 2. The molecule has 0 amide bonds. The molecule has 1 rings (SSSR count). The molecule has 1 aromatic heterocycles. The highest BCUT2D eigenvalue weighted by molar-refractivity contribution is 7.99. The summed E-state index contributed by atoms with van der Waals surface area (Å²) < 4.78 is 0. The van der Waals surface area contributed by atoms with E-state index in [1.165, 1.54) is 6.42 Å². The van der Waals surface area contributed by atoms with E-state index in [4.69, 9.17) is 11.6 Å². The SMILES string of the molecule is CCc1nc(CSC(C)CC)nc(Cl)c1C. The van der Waals surface area contributed by atoms with E-state index < -0.39 is 0 Å². The highest BCUT2D eigenvalue weighted by Gasteiger charge is 2.09. The van der Waals surface area contributed by atoms with Crippen LogP contribution in [0.25, 0.3) is 0 Å². The molecule has 1 atom stereocenters. The second-order valence-corrected chi connectivity index (χ2v) is 5.67. The zero-order valence-corrected chi connectivity index (χ0v) is 12.0. The zero-order valence-electron chi connectivity index (χ0n) is 10.4. The molecule has 1 heterocycles. The van der Waals surface area contributed by atoms with Crippen LogP contribution < -0.4 is 0 Å². The van der Waals surface area contributed by atoms with Gasteiger partial charge < -0.3 is 0 Å². The molecule has 0 aromatic carbocycles. The fraction of sp³-hybridized carbons (Fsp3) is 0.667. The van der Waals surface area contributed by atoms with Crippen LogP contribution in [0.1, 0.15) is 44.3 Å². The third-order valence-electron chi connectivity index (χ3n) is 2.64. The lowest BCUT2D eigenvalue weighted by Crippen LogP contribution is -2.03. The minimum Gasteiger partial charge on any atom is -0.237 e. The quantitative estimate of drug-likeness (QED) is 0.746. The standard InChI is InChI=1S/C12H19ClN2S/c1-5-8(3)16-7-11-14-10(6-2)9(4)12(13)15-11/h8H,5-7H2,1-4H3. The van der Waals surface area contributed by atoms with Crippen molar-refractivity contribution in [3.63, 3.8) is 0 Å². The van der Waals surface area contributed by atoms with Gasteiger partial charge in [0, 0.05) is 16.5 Å². The molecule has 16 heavy (non-hydrogen) atoms. The number of hydrogen-bond donors (Lipinski definition) is 0. The number of halogens is 1. The molecule has 1 aromatic rings. The summed E-state index contributed by atoms with van der Waals surface area (Å²) in [6, 6.07) is 0. The third-order valence-corrected chi connectivity index (χ3v) is 4.34. The van der Waals surface area contributed by atoms with Crippen LogP contribution in [0.15, 0.2) is 0 Å². The average molecular weight is 259 g/mol. The van der Waals surface area contributed by atoms with E-state index in [1.54, 1.807) is 0 Å². The van der Waals surface area contributed by atoms with E-state index in [0.717, 1.165) is 29.3 Å². The molecule has 0 spiro atoms. The van der Waals surface area contributed by atoms with E-state index in [1.807, 2.05) is 18.7 Å².